The van der Waals surface area contributed by atoms with Gasteiger partial charge in [0.15, 0.2) is 0 Å². The standard InChI is InChI=1S/C20H20N4O2/c25-20(17-9-10-26-14-17)21-18-8-4-7-16(11-18)19-13-24(23-22-19)12-15-5-2-1-3-6-15/h1-8,11,13,17H,9-10,12,14H2,(H,21,25)/t17-/m1/s1. The number of carbonyl (C=O) groups is 1. The number of benzene rings is 2. The molecule has 26 heavy (non-hydrogen) atoms. The molecular formula is C20H20N4O2. The summed E-state index contributed by atoms with van der Waals surface area (Å²) in [4.78, 5) is 12.2. The van der Waals surface area contributed by atoms with Crippen LogP contribution in [0.4, 0.5) is 5.69 Å². The van der Waals surface area contributed by atoms with Crippen LogP contribution in [0, 0.1) is 5.92 Å². The van der Waals surface area contributed by atoms with E-state index in [0.29, 0.717) is 19.8 Å². The van der Waals surface area contributed by atoms with E-state index in [1.807, 2.05) is 53.3 Å². The zero-order valence-electron chi connectivity index (χ0n) is 14.3. The van der Waals surface area contributed by atoms with Gasteiger partial charge in [-0.25, -0.2) is 4.68 Å². The van der Waals surface area contributed by atoms with E-state index in [0.717, 1.165) is 23.4 Å². The van der Waals surface area contributed by atoms with Gasteiger partial charge < -0.3 is 10.1 Å². The zero-order chi connectivity index (χ0) is 17.8. The molecule has 6 nitrogen and oxygen atoms in total. The Morgan fingerprint density at radius 3 is 2.88 bits per heavy atom. The number of hydrogen-bond donors (Lipinski definition) is 1. The molecule has 0 spiro atoms. The third-order valence-corrected chi connectivity index (χ3v) is 4.45. The Labute approximate surface area is 151 Å². The summed E-state index contributed by atoms with van der Waals surface area (Å²) in [5.41, 5.74) is 3.63. The summed E-state index contributed by atoms with van der Waals surface area (Å²) >= 11 is 0. The van der Waals surface area contributed by atoms with Crippen LogP contribution < -0.4 is 5.32 Å². The van der Waals surface area contributed by atoms with E-state index in [9.17, 15) is 4.79 Å². The molecule has 1 aliphatic rings. The van der Waals surface area contributed by atoms with Crippen LogP contribution in [0.2, 0.25) is 0 Å². The summed E-state index contributed by atoms with van der Waals surface area (Å²) in [5.74, 6) is -0.0576. The van der Waals surface area contributed by atoms with Crippen LogP contribution in [0.25, 0.3) is 11.3 Å². The maximum Gasteiger partial charge on any atom is 0.229 e. The zero-order valence-corrected chi connectivity index (χ0v) is 14.3. The SMILES string of the molecule is O=C(Nc1cccc(-c2cn(Cc3ccccc3)nn2)c1)[C@@H]1CCOC1. The van der Waals surface area contributed by atoms with Gasteiger partial charge in [-0.2, -0.15) is 0 Å². The topological polar surface area (TPSA) is 69.0 Å². The minimum absolute atomic E-state index is 0.00684. The van der Waals surface area contributed by atoms with E-state index < -0.39 is 0 Å². The highest BCUT2D eigenvalue weighted by atomic mass is 16.5. The highest BCUT2D eigenvalue weighted by Crippen LogP contribution is 2.22. The normalized spacial score (nSPS) is 16.5. The first-order valence-corrected chi connectivity index (χ1v) is 8.71. The summed E-state index contributed by atoms with van der Waals surface area (Å²) in [7, 11) is 0. The third-order valence-electron chi connectivity index (χ3n) is 4.45. The summed E-state index contributed by atoms with van der Waals surface area (Å²) in [6.07, 6.45) is 2.69. The molecule has 0 aliphatic carbocycles. The van der Waals surface area contributed by atoms with Crippen molar-refractivity contribution in [1.82, 2.24) is 15.0 Å². The van der Waals surface area contributed by atoms with Gasteiger partial charge in [-0.15, -0.1) is 5.10 Å². The molecule has 0 unspecified atom stereocenters. The Morgan fingerprint density at radius 2 is 2.08 bits per heavy atom. The second kappa shape index (κ2) is 7.49. The fourth-order valence-corrected chi connectivity index (χ4v) is 3.02. The lowest BCUT2D eigenvalue weighted by Gasteiger charge is -2.10. The Balaban J connectivity index is 1.47. The highest BCUT2D eigenvalue weighted by molar-refractivity contribution is 5.93. The summed E-state index contributed by atoms with van der Waals surface area (Å²) in [6.45, 7) is 1.83. The monoisotopic (exact) mass is 348 g/mol. The molecule has 1 atom stereocenters. The third kappa shape index (κ3) is 3.81. The van der Waals surface area contributed by atoms with Crippen LogP contribution in [0.15, 0.2) is 60.8 Å². The Hall–Kier alpha value is -2.99. The highest BCUT2D eigenvalue weighted by Gasteiger charge is 2.23. The van der Waals surface area contributed by atoms with Gasteiger partial charge in [0.2, 0.25) is 5.91 Å². The predicted molar refractivity (Wildman–Crippen MR) is 98.6 cm³/mol. The van der Waals surface area contributed by atoms with Gasteiger partial charge >= 0.3 is 0 Å². The van der Waals surface area contributed by atoms with Crippen molar-refractivity contribution in [3.05, 3.63) is 66.4 Å². The average molecular weight is 348 g/mol. The average Bonchev–Trinajstić information content (AvgIpc) is 3.35. The van der Waals surface area contributed by atoms with E-state index in [2.05, 4.69) is 27.8 Å². The second-order valence-corrected chi connectivity index (χ2v) is 6.42. The summed E-state index contributed by atoms with van der Waals surface area (Å²) in [5, 5.41) is 11.4. The van der Waals surface area contributed by atoms with Crippen molar-refractivity contribution in [2.75, 3.05) is 18.5 Å². The maximum atomic E-state index is 12.2. The van der Waals surface area contributed by atoms with E-state index in [-0.39, 0.29) is 11.8 Å². The number of carbonyl (C=O) groups excluding carboxylic acids is 1. The number of ether oxygens (including phenoxy) is 1. The fraction of sp³-hybridized carbons (Fsp3) is 0.250. The lowest BCUT2D eigenvalue weighted by atomic mass is 10.1. The molecule has 0 radical (unpaired) electrons. The quantitative estimate of drug-likeness (QED) is 0.770. The van der Waals surface area contributed by atoms with E-state index in [1.165, 1.54) is 5.56 Å². The van der Waals surface area contributed by atoms with Gasteiger partial charge in [-0.05, 0) is 24.1 Å². The molecule has 2 heterocycles. The molecule has 1 amide bonds. The Bertz CT molecular complexity index is 886. The van der Waals surface area contributed by atoms with Crippen molar-refractivity contribution in [1.29, 1.82) is 0 Å². The first-order chi connectivity index (χ1) is 12.8. The van der Waals surface area contributed by atoms with Crippen LogP contribution >= 0.6 is 0 Å². The number of amides is 1. The molecule has 1 N–H and O–H groups in total. The minimum atomic E-state index is -0.0644. The number of hydrogen-bond acceptors (Lipinski definition) is 4. The number of rotatable bonds is 5. The molecule has 0 saturated carbocycles. The van der Waals surface area contributed by atoms with Crippen molar-refractivity contribution in [2.24, 2.45) is 5.92 Å². The molecule has 1 saturated heterocycles. The van der Waals surface area contributed by atoms with Crippen LogP contribution in [-0.4, -0.2) is 34.1 Å². The summed E-state index contributed by atoms with van der Waals surface area (Å²) < 4.78 is 7.09. The largest absolute Gasteiger partial charge is 0.381 e. The Kier molecular flexibility index (Phi) is 4.75. The first kappa shape index (κ1) is 16.5. The van der Waals surface area contributed by atoms with Gasteiger partial charge in [-0.3, -0.25) is 4.79 Å². The van der Waals surface area contributed by atoms with Crippen molar-refractivity contribution in [3.63, 3.8) is 0 Å². The molecule has 4 rings (SSSR count). The number of aromatic nitrogens is 3. The molecule has 1 fully saturated rings. The van der Waals surface area contributed by atoms with Gasteiger partial charge in [0.05, 0.1) is 25.3 Å². The lowest BCUT2D eigenvalue weighted by Crippen LogP contribution is -2.22. The van der Waals surface area contributed by atoms with Crippen molar-refractivity contribution in [2.45, 2.75) is 13.0 Å². The van der Waals surface area contributed by atoms with E-state index in [4.69, 9.17) is 4.74 Å². The van der Waals surface area contributed by atoms with Crippen molar-refractivity contribution in [3.8, 4) is 11.3 Å². The molecule has 132 valence electrons. The molecule has 0 bridgehead atoms. The molecular weight excluding hydrogens is 328 g/mol. The molecule has 3 aromatic rings. The van der Waals surface area contributed by atoms with Gasteiger partial charge in [0.1, 0.15) is 5.69 Å². The van der Waals surface area contributed by atoms with Gasteiger partial charge in [0, 0.05) is 17.9 Å². The number of nitrogens with zero attached hydrogens (tertiary/aromatic N) is 3. The minimum Gasteiger partial charge on any atom is -0.381 e. The van der Waals surface area contributed by atoms with Crippen LogP contribution in [-0.2, 0) is 16.1 Å². The number of nitrogens with one attached hydrogen (secondary N) is 1. The first-order valence-electron chi connectivity index (χ1n) is 8.71. The predicted octanol–water partition coefficient (Wildman–Crippen LogP) is 2.97. The van der Waals surface area contributed by atoms with Gasteiger partial charge in [0.25, 0.3) is 0 Å². The van der Waals surface area contributed by atoms with Crippen LogP contribution in [0.1, 0.15) is 12.0 Å². The fourth-order valence-electron chi connectivity index (χ4n) is 3.02. The molecule has 1 aromatic heterocycles. The van der Waals surface area contributed by atoms with E-state index in [1.54, 1.807) is 0 Å². The lowest BCUT2D eigenvalue weighted by molar-refractivity contribution is -0.119. The smallest absolute Gasteiger partial charge is 0.229 e. The maximum absolute atomic E-state index is 12.2. The van der Waals surface area contributed by atoms with E-state index >= 15 is 0 Å². The number of anilines is 1. The van der Waals surface area contributed by atoms with Crippen LogP contribution in [0.3, 0.4) is 0 Å². The molecule has 2 aromatic carbocycles. The second-order valence-electron chi connectivity index (χ2n) is 6.42. The molecule has 6 heteroatoms. The van der Waals surface area contributed by atoms with Crippen LogP contribution in [0.5, 0.6) is 0 Å². The Morgan fingerprint density at radius 1 is 1.19 bits per heavy atom. The van der Waals surface area contributed by atoms with Crippen molar-refractivity contribution < 1.29 is 9.53 Å². The van der Waals surface area contributed by atoms with Gasteiger partial charge in [-0.1, -0.05) is 47.7 Å². The summed E-state index contributed by atoms with van der Waals surface area (Å²) in [6, 6.07) is 17.8. The van der Waals surface area contributed by atoms with Crippen molar-refractivity contribution >= 4 is 11.6 Å². The molecule has 1 aliphatic heterocycles.